The lowest BCUT2D eigenvalue weighted by Gasteiger charge is -2.19. The summed E-state index contributed by atoms with van der Waals surface area (Å²) in [7, 11) is 0. The number of hydrogen-bond donors (Lipinski definition) is 1. The Morgan fingerprint density at radius 3 is 2.65 bits per heavy atom. The number of nitriles is 2. The first-order chi connectivity index (χ1) is 8.27. The molecule has 0 spiro atoms. The number of anilines is 2. The van der Waals surface area contributed by atoms with Gasteiger partial charge in [0.05, 0.1) is 33.7 Å². The Bertz CT molecular complexity index is 603. The van der Waals surface area contributed by atoms with Crippen molar-refractivity contribution in [3.63, 3.8) is 0 Å². The standard InChI is InChI=1S/C11H9N5S/c12-3-5-16(6-4-13)8-1-2-9-11(10(8)14)15-7-17-9/h1-2,7H,5-6,14H2. The summed E-state index contributed by atoms with van der Waals surface area (Å²) in [6, 6.07) is 7.77. The quantitative estimate of drug-likeness (QED) is 0.655. The van der Waals surface area contributed by atoms with Gasteiger partial charge >= 0.3 is 0 Å². The van der Waals surface area contributed by atoms with Crippen molar-refractivity contribution in [2.45, 2.75) is 0 Å². The number of rotatable bonds is 3. The monoisotopic (exact) mass is 243 g/mol. The van der Waals surface area contributed by atoms with Gasteiger partial charge in [0.25, 0.3) is 0 Å². The van der Waals surface area contributed by atoms with Gasteiger partial charge in [0.1, 0.15) is 18.6 Å². The molecule has 2 aromatic rings. The van der Waals surface area contributed by atoms with E-state index in [9.17, 15) is 0 Å². The van der Waals surface area contributed by atoms with E-state index in [0.717, 1.165) is 10.2 Å². The van der Waals surface area contributed by atoms with Crippen molar-refractivity contribution < 1.29 is 0 Å². The van der Waals surface area contributed by atoms with E-state index < -0.39 is 0 Å². The van der Waals surface area contributed by atoms with E-state index in [1.54, 1.807) is 10.4 Å². The number of nitrogens with two attached hydrogens (primary N) is 1. The van der Waals surface area contributed by atoms with Crippen molar-refractivity contribution >= 4 is 32.9 Å². The third-order valence-electron chi connectivity index (χ3n) is 2.38. The number of thiazole rings is 1. The molecule has 2 N–H and O–H groups in total. The fraction of sp³-hybridized carbons (Fsp3) is 0.182. The third-order valence-corrected chi connectivity index (χ3v) is 3.18. The second-order valence-electron chi connectivity index (χ2n) is 3.37. The molecule has 0 amide bonds. The first-order valence-electron chi connectivity index (χ1n) is 4.88. The maximum atomic E-state index is 8.73. The fourth-order valence-corrected chi connectivity index (χ4v) is 2.31. The lowest BCUT2D eigenvalue weighted by Crippen LogP contribution is -2.24. The summed E-state index contributed by atoms with van der Waals surface area (Å²) in [5.74, 6) is 0. The van der Waals surface area contributed by atoms with Crippen LogP contribution in [0.3, 0.4) is 0 Å². The van der Waals surface area contributed by atoms with Crippen molar-refractivity contribution in [1.29, 1.82) is 10.5 Å². The zero-order valence-corrected chi connectivity index (χ0v) is 9.74. The Balaban J connectivity index is 2.50. The largest absolute Gasteiger partial charge is 0.395 e. The molecule has 84 valence electrons. The number of nitrogen functional groups attached to an aromatic ring is 1. The van der Waals surface area contributed by atoms with Gasteiger partial charge in [-0.1, -0.05) is 0 Å². The highest BCUT2D eigenvalue weighted by molar-refractivity contribution is 7.16. The van der Waals surface area contributed by atoms with Gasteiger partial charge < -0.3 is 10.6 Å². The predicted octanol–water partition coefficient (Wildman–Crippen LogP) is 1.73. The van der Waals surface area contributed by atoms with Crippen LogP contribution in [0, 0.1) is 22.7 Å². The Labute approximate surface area is 102 Å². The maximum absolute atomic E-state index is 8.73. The van der Waals surface area contributed by atoms with Gasteiger partial charge in [0.15, 0.2) is 0 Å². The van der Waals surface area contributed by atoms with Crippen LogP contribution in [0.2, 0.25) is 0 Å². The Morgan fingerprint density at radius 2 is 2.00 bits per heavy atom. The third kappa shape index (κ3) is 1.99. The molecule has 1 aromatic heterocycles. The summed E-state index contributed by atoms with van der Waals surface area (Å²) in [5, 5.41) is 17.5. The molecule has 17 heavy (non-hydrogen) atoms. The molecular formula is C11H9N5S. The molecule has 0 bridgehead atoms. The molecule has 6 heteroatoms. The zero-order chi connectivity index (χ0) is 12.3. The van der Waals surface area contributed by atoms with E-state index in [2.05, 4.69) is 4.98 Å². The van der Waals surface area contributed by atoms with Crippen LogP contribution < -0.4 is 10.6 Å². The number of benzene rings is 1. The topological polar surface area (TPSA) is 89.7 Å². The highest BCUT2D eigenvalue weighted by atomic mass is 32.1. The summed E-state index contributed by atoms with van der Waals surface area (Å²) in [6.07, 6.45) is 0. The number of hydrogen-bond acceptors (Lipinski definition) is 6. The normalized spacial score (nSPS) is 9.76. The van der Waals surface area contributed by atoms with Crippen molar-refractivity contribution in [3.8, 4) is 12.1 Å². The molecule has 1 heterocycles. The second-order valence-corrected chi connectivity index (χ2v) is 4.26. The fourth-order valence-electron chi connectivity index (χ4n) is 1.61. The molecule has 0 unspecified atom stereocenters. The zero-order valence-electron chi connectivity index (χ0n) is 8.92. The van der Waals surface area contributed by atoms with E-state index in [1.807, 2.05) is 24.3 Å². The Hall–Kier alpha value is -2.31. The molecule has 0 atom stereocenters. The molecule has 0 radical (unpaired) electrons. The van der Waals surface area contributed by atoms with Gasteiger partial charge in [-0.15, -0.1) is 11.3 Å². The maximum Gasteiger partial charge on any atom is 0.107 e. The van der Waals surface area contributed by atoms with E-state index in [0.29, 0.717) is 11.4 Å². The molecular weight excluding hydrogens is 234 g/mol. The molecule has 1 aromatic carbocycles. The van der Waals surface area contributed by atoms with Crippen LogP contribution >= 0.6 is 11.3 Å². The van der Waals surface area contributed by atoms with Gasteiger partial charge in [-0.2, -0.15) is 10.5 Å². The van der Waals surface area contributed by atoms with Crippen LogP contribution in [-0.2, 0) is 0 Å². The second kappa shape index (κ2) is 4.69. The Morgan fingerprint density at radius 1 is 1.29 bits per heavy atom. The van der Waals surface area contributed by atoms with Crippen LogP contribution in [0.4, 0.5) is 11.4 Å². The molecule has 0 saturated carbocycles. The van der Waals surface area contributed by atoms with Crippen LogP contribution in [0.25, 0.3) is 10.2 Å². The van der Waals surface area contributed by atoms with Crippen molar-refractivity contribution in [2.24, 2.45) is 0 Å². The van der Waals surface area contributed by atoms with Crippen molar-refractivity contribution in [2.75, 3.05) is 23.7 Å². The number of aromatic nitrogens is 1. The lowest BCUT2D eigenvalue weighted by molar-refractivity contribution is 0.969. The summed E-state index contributed by atoms with van der Waals surface area (Å²) < 4.78 is 1.00. The molecule has 0 saturated heterocycles. The van der Waals surface area contributed by atoms with Gasteiger partial charge in [-0.3, -0.25) is 0 Å². The van der Waals surface area contributed by atoms with Gasteiger partial charge in [0, 0.05) is 0 Å². The van der Waals surface area contributed by atoms with Gasteiger partial charge in [0.2, 0.25) is 0 Å². The molecule has 0 fully saturated rings. The highest BCUT2D eigenvalue weighted by Crippen LogP contribution is 2.32. The SMILES string of the molecule is N#CCN(CC#N)c1ccc2scnc2c1N. The predicted molar refractivity (Wildman–Crippen MR) is 67.5 cm³/mol. The molecule has 5 nitrogen and oxygen atoms in total. The first kappa shape index (κ1) is 11.2. The smallest absolute Gasteiger partial charge is 0.107 e. The average Bonchev–Trinajstić information content (AvgIpc) is 2.78. The van der Waals surface area contributed by atoms with Crippen LogP contribution in [0.15, 0.2) is 17.6 Å². The summed E-state index contributed by atoms with van der Waals surface area (Å²) >= 11 is 1.51. The summed E-state index contributed by atoms with van der Waals surface area (Å²) in [4.78, 5) is 5.82. The van der Waals surface area contributed by atoms with E-state index in [-0.39, 0.29) is 13.1 Å². The van der Waals surface area contributed by atoms with E-state index in [4.69, 9.17) is 16.3 Å². The van der Waals surface area contributed by atoms with E-state index >= 15 is 0 Å². The van der Waals surface area contributed by atoms with Crippen LogP contribution in [0.1, 0.15) is 0 Å². The molecule has 0 aliphatic heterocycles. The average molecular weight is 243 g/mol. The minimum absolute atomic E-state index is 0.132. The minimum Gasteiger partial charge on any atom is -0.395 e. The lowest BCUT2D eigenvalue weighted by atomic mass is 10.2. The Kier molecular flexibility index (Phi) is 3.08. The van der Waals surface area contributed by atoms with Crippen LogP contribution in [0.5, 0.6) is 0 Å². The van der Waals surface area contributed by atoms with Crippen molar-refractivity contribution in [3.05, 3.63) is 17.6 Å². The van der Waals surface area contributed by atoms with E-state index in [1.165, 1.54) is 11.3 Å². The number of nitrogens with zero attached hydrogens (tertiary/aromatic N) is 4. The van der Waals surface area contributed by atoms with Crippen LogP contribution in [-0.4, -0.2) is 18.1 Å². The van der Waals surface area contributed by atoms with Crippen molar-refractivity contribution in [1.82, 2.24) is 4.98 Å². The molecule has 0 aliphatic carbocycles. The molecule has 2 rings (SSSR count). The molecule has 0 aliphatic rings. The summed E-state index contributed by atoms with van der Waals surface area (Å²) in [5.41, 5.74) is 9.67. The first-order valence-corrected chi connectivity index (χ1v) is 5.76. The van der Waals surface area contributed by atoms with Gasteiger partial charge in [-0.25, -0.2) is 4.98 Å². The summed E-state index contributed by atoms with van der Waals surface area (Å²) in [6.45, 7) is 0.265. The number of fused-ring (bicyclic) bond motifs is 1. The highest BCUT2D eigenvalue weighted by Gasteiger charge is 2.12. The minimum atomic E-state index is 0.132. The van der Waals surface area contributed by atoms with Gasteiger partial charge in [-0.05, 0) is 12.1 Å².